The highest BCUT2D eigenvalue weighted by Crippen LogP contribution is 2.36. The molecule has 2 heterocycles. The van der Waals surface area contributed by atoms with E-state index in [1.807, 2.05) is 25.2 Å². The number of imidazole rings is 1. The van der Waals surface area contributed by atoms with Crippen LogP contribution < -0.4 is 10.9 Å². The van der Waals surface area contributed by atoms with Gasteiger partial charge in [-0.05, 0) is 53.8 Å². The Hall–Kier alpha value is -4.19. The summed E-state index contributed by atoms with van der Waals surface area (Å²) in [6, 6.07) is 22.8. The third-order valence-corrected chi connectivity index (χ3v) is 6.81. The number of aromatic nitrogens is 3. The van der Waals surface area contributed by atoms with Gasteiger partial charge in [0.25, 0.3) is 5.56 Å². The largest absolute Gasteiger partial charge is 0.388 e. The molecule has 0 bridgehead atoms. The number of anilines is 1. The lowest BCUT2D eigenvalue weighted by molar-refractivity contribution is 0.627. The minimum Gasteiger partial charge on any atom is -0.388 e. The predicted octanol–water partition coefficient (Wildman–Crippen LogP) is 5.13. The van der Waals surface area contributed by atoms with Gasteiger partial charge in [0, 0.05) is 31.1 Å². The number of fused-ring (bicyclic) bond motifs is 5. The molecular formula is C29H25FN4O. The van der Waals surface area contributed by atoms with E-state index < -0.39 is 0 Å². The molecule has 0 saturated carbocycles. The van der Waals surface area contributed by atoms with Gasteiger partial charge >= 0.3 is 0 Å². The molecule has 6 rings (SSSR count). The smallest absolute Gasteiger partial charge is 0.278 e. The van der Waals surface area contributed by atoms with Gasteiger partial charge in [0.15, 0.2) is 5.82 Å². The number of nitrogens with one attached hydrogen (secondary N) is 2. The second kappa shape index (κ2) is 8.55. The molecule has 3 aliphatic rings. The molecule has 0 saturated heterocycles. The SMILES string of the molecule is CNc1ccc2c(c1)CCc1c-2[nH]c(Cc2ccccc2)c2nc(Cc3ccc(F)cc3)c(=O)n1-2. The molecule has 0 amide bonds. The number of halogens is 1. The highest BCUT2D eigenvalue weighted by molar-refractivity contribution is 5.72. The first kappa shape index (κ1) is 21.4. The fourth-order valence-corrected chi connectivity index (χ4v) is 5.04. The molecule has 1 aliphatic carbocycles. The Morgan fingerprint density at radius 1 is 0.971 bits per heavy atom. The molecule has 35 heavy (non-hydrogen) atoms. The van der Waals surface area contributed by atoms with Crippen molar-refractivity contribution in [1.82, 2.24) is 14.5 Å². The predicted molar refractivity (Wildman–Crippen MR) is 136 cm³/mol. The number of hydrogen-bond acceptors (Lipinski definition) is 3. The van der Waals surface area contributed by atoms with Gasteiger partial charge < -0.3 is 10.3 Å². The van der Waals surface area contributed by atoms with Crippen molar-refractivity contribution in [3.05, 3.63) is 123 Å². The van der Waals surface area contributed by atoms with Crippen molar-refractivity contribution in [2.24, 2.45) is 0 Å². The number of benzene rings is 3. The van der Waals surface area contributed by atoms with Gasteiger partial charge in [0.2, 0.25) is 0 Å². The van der Waals surface area contributed by atoms with Crippen LogP contribution in [0.25, 0.3) is 17.1 Å². The van der Waals surface area contributed by atoms with Gasteiger partial charge in [-0.15, -0.1) is 0 Å². The molecule has 174 valence electrons. The monoisotopic (exact) mass is 464 g/mol. The van der Waals surface area contributed by atoms with Gasteiger partial charge in [-0.2, -0.15) is 0 Å². The minimum atomic E-state index is -0.292. The van der Waals surface area contributed by atoms with Crippen LogP contribution in [-0.2, 0) is 25.7 Å². The summed E-state index contributed by atoms with van der Waals surface area (Å²) in [6.45, 7) is 0. The molecular weight excluding hydrogens is 439 g/mol. The summed E-state index contributed by atoms with van der Waals surface area (Å²) < 4.78 is 15.2. The standard InChI is InChI=1S/C29H25FN4O/c1-31-22-12-13-23-20(17-22)9-14-26-27(23)32-24(15-18-5-3-2-4-6-18)28-33-25(29(35)34(26)28)16-19-7-10-21(30)11-8-19/h2-8,10-13,17,31-32H,9,14-16H2,1H3. The summed E-state index contributed by atoms with van der Waals surface area (Å²) >= 11 is 0. The molecule has 2 N–H and O–H groups in total. The minimum absolute atomic E-state index is 0.0980. The van der Waals surface area contributed by atoms with Crippen LogP contribution in [0.2, 0.25) is 0 Å². The first-order valence-electron chi connectivity index (χ1n) is 11.9. The molecule has 0 aromatic heterocycles. The van der Waals surface area contributed by atoms with E-state index in [1.54, 1.807) is 16.7 Å². The van der Waals surface area contributed by atoms with Crippen molar-refractivity contribution in [1.29, 1.82) is 0 Å². The Balaban J connectivity index is 1.54. The molecule has 2 aliphatic heterocycles. The van der Waals surface area contributed by atoms with Crippen LogP contribution >= 0.6 is 0 Å². The fourth-order valence-electron chi connectivity index (χ4n) is 5.04. The maximum atomic E-state index is 13.7. The van der Waals surface area contributed by atoms with Crippen LogP contribution in [0, 0.1) is 5.82 Å². The zero-order valence-electron chi connectivity index (χ0n) is 19.4. The second-order valence-corrected chi connectivity index (χ2v) is 9.04. The van der Waals surface area contributed by atoms with E-state index in [2.05, 4.69) is 40.6 Å². The molecule has 3 aromatic rings. The maximum absolute atomic E-state index is 13.7. The van der Waals surface area contributed by atoms with Crippen LogP contribution in [0.3, 0.4) is 0 Å². The molecule has 0 spiro atoms. The van der Waals surface area contributed by atoms with E-state index in [0.29, 0.717) is 24.4 Å². The number of nitrogens with zero attached hydrogens (tertiary/aromatic N) is 2. The zero-order chi connectivity index (χ0) is 23.9. The normalized spacial score (nSPS) is 12.4. The Bertz CT molecular complexity index is 1550. The average Bonchev–Trinajstić information content (AvgIpc) is 3.22. The highest BCUT2D eigenvalue weighted by atomic mass is 19.1. The lowest BCUT2D eigenvalue weighted by atomic mass is 9.90. The fraction of sp³-hybridized carbons (Fsp3) is 0.172. The molecule has 6 heteroatoms. The molecule has 3 aromatic carbocycles. The highest BCUT2D eigenvalue weighted by Gasteiger charge is 2.28. The van der Waals surface area contributed by atoms with Crippen LogP contribution in [-0.4, -0.2) is 21.6 Å². The number of aryl methyl sites for hydroxylation is 1. The van der Waals surface area contributed by atoms with Gasteiger partial charge in [-0.25, -0.2) is 9.37 Å². The van der Waals surface area contributed by atoms with E-state index in [9.17, 15) is 9.18 Å². The van der Waals surface area contributed by atoms with Gasteiger partial charge in [0.05, 0.1) is 17.1 Å². The summed E-state index contributed by atoms with van der Waals surface area (Å²) in [6.07, 6.45) is 2.59. The van der Waals surface area contributed by atoms with Crippen molar-refractivity contribution in [3.63, 3.8) is 0 Å². The summed E-state index contributed by atoms with van der Waals surface area (Å²) in [5.41, 5.74) is 8.68. The molecule has 0 atom stereocenters. The Morgan fingerprint density at radius 2 is 1.74 bits per heavy atom. The summed E-state index contributed by atoms with van der Waals surface area (Å²) in [4.78, 5) is 22.2. The third-order valence-electron chi connectivity index (χ3n) is 6.81. The van der Waals surface area contributed by atoms with Gasteiger partial charge in [-0.1, -0.05) is 48.5 Å². The molecule has 0 fully saturated rings. The van der Waals surface area contributed by atoms with Gasteiger partial charge in [0.1, 0.15) is 11.5 Å². The first-order valence-corrected chi connectivity index (χ1v) is 11.9. The lowest BCUT2D eigenvalue weighted by Crippen LogP contribution is -2.25. The quantitative estimate of drug-likeness (QED) is 0.379. The van der Waals surface area contributed by atoms with E-state index in [4.69, 9.17) is 4.98 Å². The van der Waals surface area contributed by atoms with E-state index in [1.165, 1.54) is 17.7 Å². The third kappa shape index (κ3) is 3.81. The van der Waals surface area contributed by atoms with E-state index in [0.717, 1.165) is 52.3 Å². The zero-order valence-corrected chi connectivity index (χ0v) is 19.4. The topological polar surface area (TPSA) is 62.7 Å². The Labute approximate surface area is 202 Å². The molecule has 5 nitrogen and oxygen atoms in total. The Morgan fingerprint density at radius 3 is 2.51 bits per heavy atom. The molecule has 0 radical (unpaired) electrons. The summed E-state index contributed by atoms with van der Waals surface area (Å²) in [7, 11) is 1.92. The number of aromatic amines is 1. The van der Waals surface area contributed by atoms with Crippen LogP contribution in [0.1, 0.15) is 33.8 Å². The van der Waals surface area contributed by atoms with Crippen molar-refractivity contribution >= 4 is 5.69 Å². The van der Waals surface area contributed by atoms with E-state index >= 15 is 0 Å². The second-order valence-electron chi connectivity index (χ2n) is 9.04. The number of H-pyrrole nitrogens is 1. The van der Waals surface area contributed by atoms with E-state index in [-0.39, 0.29) is 11.4 Å². The lowest BCUT2D eigenvalue weighted by Gasteiger charge is -2.25. The number of hydrogen-bond donors (Lipinski definition) is 2. The van der Waals surface area contributed by atoms with Crippen LogP contribution in [0.5, 0.6) is 0 Å². The van der Waals surface area contributed by atoms with Crippen molar-refractivity contribution in [3.8, 4) is 17.1 Å². The number of rotatable bonds is 5. The average molecular weight is 465 g/mol. The van der Waals surface area contributed by atoms with Crippen LogP contribution in [0.15, 0.2) is 77.6 Å². The van der Waals surface area contributed by atoms with Crippen molar-refractivity contribution in [2.75, 3.05) is 12.4 Å². The molecule has 0 unspecified atom stereocenters. The Kier molecular flexibility index (Phi) is 5.21. The first-order chi connectivity index (χ1) is 17.1. The summed E-state index contributed by atoms with van der Waals surface area (Å²) in [5, 5.41) is 3.21. The van der Waals surface area contributed by atoms with Gasteiger partial charge in [-0.3, -0.25) is 9.36 Å². The van der Waals surface area contributed by atoms with Crippen molar-refractivity contribution in [2.45, 2.75) is 25.7 Å². The summed E-state index contributed by atoms with van der Waals surface area (Å²) in [5.74, 6) is 0.380. The van der Waals surface area contributed by atoms with Crippen LogP contribution in [0.4, 0.5) is 10.1 Å². The van der Waals surface area contributed by atoms with Crippen molar-refractivity contribution < 1.29 is 4.39 Å². The maximum Gasteiger partial charge on any atom is 0.278 e.